The molecule has 8 heteroatoms. The molecule has 4 aromatic rings. The lowest BCUT2D eigenvalue weighted by Crippen LogP contribution is -2.21. The quantitative estimate of drug-likeness (QED) is 0.480. The van der Waals surface area contributed by atoms with Gasteiger partial charge in [-0.15, -0.1) is 11.3 Å². The number of benzene rings is 1. The van der Waals surface area contributed by atoms with Crippen LogP contribution in [0.3, 0.4) is 0 Å². The van der Waals surface area contributed by atoms with Gasteiger partial charge in [-0.05, 0) is 19.4 Å². The smallest absolute Gasteiger partial charge is 0.348 e. The van der Waals surface area contributed by atoms with Crippen molar-refractivity contribution in [1.29, 1.82) is 0 Å². The van der Waals surface area contributed by atoms with Crippen molar-refractivity contribution < 1.29 is 14.1 Å². The van der Waals surface area contributed by atoms with Gasteiger partial charge in [0, 0.05) is 11.6 Å². The molecule has 142 valence electrons. The van der Waals surface area contributed by atoms with E-state index in [1.165, 1.54) is 22.2 Å². The Hall–Kier alpha value is -3.26. The Bertz CT molecular complexity index is 1210. The third kappa shape index (κ3) is 3.22. The zero-order valence-corrected chi connectivity index (χ0v) is 16.2. The number of aromatic nitrogens is 3. The van der Waals surface area contributed by atoms with Crippen LogP contribution < -0.4 is 5.56 Å². The van der Waals surface area contributed by atoms with Gasteiger partial charge in [-0.1, -0.05) is 35.5 Å². The van der Waals surface area contributed by atoms with Crippen molar-refractivity contribution in [1.82, 2.24) is 14.7 Å². The van der Waals surface area contributed by atoms with E-state index in [1.807, 2.05) is 30.3 Å². The van der Waals surface area contributed by atoms with Crippen LogP contribution in [-0.2, 0) is 11.3 Å². The van der Waals surface area contributed by atoms with Crippen molar-refractivity contribution in [3.8, 4) is 11.3 Å². The Balaban J connectivity index is 1.68. The number of carbonyl (C=O) groups is 1. The van der Waals surface area contributed by atoms with Crippen LogP contribution in [0.25, 0.3) is 21.5 Å². The molecule has 7 nitrogen and oxygen atoms in total. The van der Waals surface area contributed by atoms with Crippen LogP contribution >= 0.6 is 11.3 Å². The molecule has 0 aliphatic carbocycles. The summed E-state index contributed by atoms with van der Waals surface area (Å²) >= 11 is 1.17. The van der Waals surface area contributed by atoms with Crippen LogP contribution in [0, 0.1) is 6.92 Å². The number of carbonyl (C=O) groups excluding carboxylic acids is 1. The maximum atomic E-state index is 12.9. The van der Waals surface area contributed by atoms with E-state index in [4.69, 9.17) is 9.26 Å². The number of hydrogen-bond acceptors (Lipinski definition) is 7. The monoisotopic (exact) mass is 395 g/mol. The Morgan fingerprint density at radius 1 is 1.29 bits per heavy atom. The van der Waals surface area contributed by atoms with E-state index in [-0.39, 0.29) is 18.7 Å². The van der Waals surface area contributed by atoms with E-state index >= 15 is 0 Å². The molecule has 0 saturated carbocycles. The van der Waals surface area contributed by atoms with Crippen molar-refractivity contribution in [3.63, 3.8) is 0 Å². The van der Waals surface area contributed by atoms with Gasteiger partial charge < -0.3 is 9.26 Å². The Kier molecular flexibility index (Phi) is 4.79. The molecular formula is C20H17N3O4S. The van der Waals surface area contributed by atoms with Crippen LogP contribution in [0.15, 0.2) is 52.0 Å². The summed E-state index contributed by atoms with van der Waals surface area (Å²) in [6.45, 7) is 3.98. The second kappa shape index (κ2) is 7.40. The van der Waals surface area contributed by atoms with Gasteiger partial charge in [0.25, 0.3) is 5.56 Å². The largest absolute Gasteiger partial charge is 0.462 e. The molecule has 0 fully saturated rings. The molecule has 3 aromatic heterocycles. The zero-order chi connectivity index (χ0) is 19.7. The predicted molar refractivity (Wildman–Crippen MR) is 106 cm³/mol. The van der Waals surface area contributed by atoms with Gasteiger partial charge in [-0.25, -0.2) is 9.78 Å². The van der Waals surface area contributed by atoms with E-state index in [2.05, 4.69) is 10.1 Å². The third-order valence-corrected chi connectivity index (χ3v) is 5.51. The topological polar surface area (TPSA) is 87.2 Å². The molecule has 1 aromatic carbocycles. The van der Waals surface area contributed by atoms with Gasteiger partial charge >= 0.3 is 5.97 Å². The number of fused-ring (bicyclic) bond motifs is 1. The van der Waals surface area contributed by atoms with Crippen LogP contribution in [0.1, 0.15) is 27.9 Å². The molecule has 0 aliphatic heterocycles. The maximum absolute atomic E-state index is 12.9. The first-order chi connectivity index (χ1) is 13.6. The first-order valence-electron chi connectivity index (χ1n) is 8.75. The fourth-order valence-corrected chi connectivity index (χ4v) is 4.00. The lowest BCUT2D eigenvalue weighted by atomic mass is 10.1. The summed E-state index contributed by atoms with van der Waals surface area (Å²) in [5.74, 6) is 0.201. The molecule has 0 saturated heterocycles. The van der Waals surface area contributed by atoms with Crippen LogP contribution in [0.5, 0.6) is 0 Å². The fourth-order valence-electron chi connectivity index (χ4n) is 2.96. The first-order valence-corrected chi connectivity index (χ1v) is 9.56. The van der Waals surface area contributed by atoms with Gasteiger partial charge in [0.1, 0.15) is 15.4 Å². The van der Waals surface area contributed by atoms with Crippen LogP contribution in [0.2, 0.25) is 0 Å². The summed E-state index contributed by atoms with van der Waals surface area (Å²) in [7, 11) is 0. The zero-order valence-electron chi connectivity index (χ0n) is 15.3. The first kappa shape index (κ1) is 18.1. The third-order valence-electron chi connectivity index (χ3n) is 4.33. The number of ether oxygens (including phenoxy) is 1. The molecule has 0 unspecified atom stereocenters. The van der Waals surface area contributed by atoms with Gasteiger partial charge in [0.2, 0.25) is 0 Å². The van der Waals surface area contributed by atoms with Gasteiger partial charge in [-0.3, -0.25) is 9.36 Å². The number of rotatable bonds is 5. The summed E-state index contributed by atoms with van der Waals surface area (Å²) in [6, 6.07) is 11.4. The summed E-state index contributed by atoms with van der Waals surface area (Å²) < 4.78 is 11.9. The molecule has 0 radical (unpaired) electrons. The number of thiophene rings is 1. The average molecular weight is 395 g/mol. The molecule has 0 amide bonds. The van der Waals surface area contributed by atoms with E-state index in [0.717, 1.165) is 5.56 Å². The summed E-state index contributed by atoms with van der Waals surface area (Å²) in [5, 5.41) is 4.49. The van der Waals surface area contributed by atoms with Crippen molar-refractivity contribution in [2.45, 2.75) is 20.4 Å². The molecule has 0 atom stereocenters. The average Bonchev–Trinajstić information content (AvgIpc) is 3.30. The number of aryl methyl sites for hydroxylation is 1. The minimum Gasteiger partial charge on any atom is -0.462 e. The minimum atomic E-state index is -0.432. The standard InChI is InChI=1S/C20H17N3O4S/c1-3-26-20(25)17-12(2)16-18(28-17)21-11-23(19(16)24)10-14-9-15(27-22-14)13-7-5-4-6-8-13/h4-9,11H,3,10H2,1-2H3. The number of esters is 1. The van der Waals surface area contributed by atoms with E-state index in [0.29, 0.717) is 32.1 Å². The summed E-state index contributed by atoms with van der Waals surface area (Å²) in [5.41, 5.74) is 1.89. The highest BCUT2D eigenvalue weighted by Gasteiger charge is 2.20. The van der Waals surface area contributed by atoms with Crippen molar-refractivity contribution in [3.05, 3.63) is 69.2 Å². The molecule has 0 N–H and O–H groups in total. The second-order valence-electron chi connectivity index (χ2n) is 6.18. The molecule has 0 spiro atoms. The van der Waals surface area contributed by atoms with E-state index in [1.54, 1.807) is 19.9 Å². The Morgan fingerprint density at radius 2 is 2.07 bits per heavy atom. The summed E-state index contributed by atoms with van der Waals surface area (Å²) in [4.78, 5) is 30.3. The highest BCUT2D eigenvalue weighted by molar-refractivity contribution is 7.20. The molecule has 0 bridgehead atoms. The molecule has 4 rings (SSSR count). The second-order valence-corrected chi connectivity index (χ2v) is 7.18. The number of nitrogens with zero attached hydrogens (tertiary/aromatic N) is 3. The number of hydrogen-bond donors (Lipinski definition) is 0. The van der Waals surface area contributed by atoms with Crippen molar-refractivity contribution in [2.24, 2.45) is 0 Å². The SMILES string of the molecule is CCOC(=O)c1sc2ncn(Cc3cc(-c4ccccc4)on3)c(=O)c2c1C. The summed E-state index contributed by atoms with van der Waals surface area (Å²) in [6.07, 6.45) is 1.46. The van der Waals surface area contributed by atoms with Crippen molar-refractivity contribution in [2.75, 3.05) is 6.61 Å². The van der Waals surface area contributed by atoms with E-state index in [9.17, 15) is 9.59 Å². The molecule has 3 heterocycles. The maximum Gasteiger partial charge on any atom is 0.348 e. The van der Waals surface area contributed by atoms with Gasteiger partial charge in [0.05, 0.1) is 24.9 Å². The Morgan fingerprint density at radius 3 is 2.82 bits per heavy atom. The van der Waals surface area contributed by atoms with Crippen LogP contribution in [-0.4, -0.2) is 27.3 Å². The fraction of sp³-hybridized carbons (Fsp3) is 0.200. The van der Waals surface area contributed by atoms with Crippen molar-refractivity contribution >= 4 is 27.5 Å². The highest BCUT2D eigenvalue weighted by Crippen LogP contribution is 2.27. The van der Waals surface area contributed by atoms with Gasteiger partial charge in [0.15, 0.2) is 5.76 Å². The Labute approximate surface area is 164 Å². The molecule has 0 aliphatic rings. The lowest BCUT2D eigenvalue weighted by Gasteiger charge is -2.02. The predicted octanol–water partition coefficient (Wildman–Crippen LogP) is 3.65. The minimum absolute atomic E-state index is 0.224. The van der Waals surface area contributed by atoms with Gasteiger partial charge in [-0.2, -0.15) is 0 Å². The normalized spacial score (nSPS) is 11.1. The highest BCUT2D eigenvalue weighted by atomic mass is 32.1. The molecular weight excluding hydrogens is 378 g/mol. The molecule has 28 heavy (non-hydrogen) atoms. The van der Waals surface area contributed by atoms with Crippen LogP contribution in [0.4, 0.5) is 0 Å². The lowest BCUT2D eigenvalue weighted by molar-refractivity contribution is 0.0531. The van der Waals surface area contributed by atoms with E-state index < -0.39 is 5.97 Å².